The Morgan fingerprint density at radius 1 is 0.871 bits per heavy atom. The van der Waals surface area contributed by atoms with E-state index in [0.29, 0.717) is 32.7 Å². The normalized spacial score (nSPS) is 13.7. The average Bonchev–Trinajstić information content (AvgIpc) is 2.99. The first-order chi connectivity index (χ1) is 14.9. The highest BCUT2D eigenvalue weighted by molar-refractivity contribution is 6.46. The van der Waals surface area contributed by atoms with Gasteiger partial charge < -0.3 is 10.1 Å². The van der Waals surface area contributed by atoms with Crippen molar-refractivity contribution < 1.29 is 14.3 Å². The Labute approximate surface area is 189 Å². The van der Waals surface area contributed by atoms with Gasteiger partial charge in [0.05, 0.1) is 18.4 Å². The predicted molar refractivity (Wildman–Crippen MR) is 124 cm³/mol. The van der Waals surface area contributed by atoms with Crippen LogP contribution in [0.2, 0.25) is 10.0 Å². The number of ether oxygens (including phenoxy) is 1. The second-order valence-corrected chi connectivity index (χ2v) is 7.83. The Morgan fingerprint density at radius 3 is 2.32 bits per heavy atom. The van der Waals surface area contributed by atoms with Gasteiger partial charge in [0.1, 0.15) is 11.4 Å². The topological polar surface area (TPSA) is 58.6 Å². The molecule has 0 aromatic heterocycles. The van der Waals surface area contributed by atoms with Gasteiger partial charge >= 0.3 is 0 Å². The van der Waals surface area contributed by atoms with Gasteiger partial charge in [0.15, 0.2) is 0 Å². The van der Waals surface area contributed by atoms with E-state index in [1.54, 1.807) is 66.7 Å². The molecule has 0 saturated carbocycles. The zero-order valence-electron chi connectivity index (χ0n) is 16.8. The van der Waals surface area contributed by atoms with Gasteiger partial charge in [-0.1, -0.05) is 47.5 Å². The number of benzene rings is 3. The molecule has 1 aliphatic heterocycles. The van der Waals surface area contributed by atoms with Crippen molar-refractivity contribution in [1.29, 1.82) is 0 Å². The Balaban J connectivity index is 1.88. The highest BCUT2D eigenvalue weighted by atomic mass is 35.5. The molecule has 0 aliphatic carbocycles. The first-order valence-corrected chi connectivity index (χ1v) is 10.2. The molecule has 1 heterocycles. The van der Waals surface area contributed by atoms with E-state index < -0.39 is 11.8 Å². The first-order valence-electron chi connectivity index (χ1n) is 9.46. The summed E-state index contributed by atoms with van der Waals surface area (Å²) in [4.78, 5) is 28.1. The van der Waals surface area contributed by atoms with Crippen LogP contribution in [0.4, 0.5) is 11.4 Å². The van der Waals surface area contributed by atoms with E-state index in [0.717, 1.165) is 10.5 Å². The minimum atomic E-state index is -0.484. The second-order valence-electron chi connectivity index (χ2n) is 6.96. The highest BCUT2D eigenvalue weighted by Crippen LogP contribution is 2.38. The number of nitrogens with one attached hydrogen (secondary N) is 1. The van der Waals surface area contributed by atoms with Gasteiger partial charge in [0.2, 0.25) is 0 Å². The fourth-order valence-electron chi connectivity index (χ4n) is 3.50. The van der Waals surface area contributed by atoms with Crippen molar-refractivity contribution >= 4 is 52.0 Å². The van der Waals surface area contributed by atoms with Crippen molar-refractivity contribution in [3.63, 3.8) is 0 Å². The lowest BCUT2D eigenvalue weighted by molar-refractivity contribution is -0.120. The van der Waals surface area contributed by atoms with Gasteiger partial charge in [0.25, 0.3) is 11.8 Å². The second kappa shape index (κ2) is 8.46. The quantitative estimate of drug-likeness (QED) is 0.503. The van der Waals surface area contributed by atoms with Crippen molar-refractivity contribution in [2.45, 2.75) is 6.92 Å². The lowest BCUT2D eigenvalue weighted by Crippen LogP contribution is -2.32. The molecule has 0 atom stereocenters. The van der Waals surface area contributed by atoms with Gasteiger partial charge in [-0.15, -0.1) is 0 Å². The molecule has 2 amide bonds. The lowest BCUT2D eigenvalue weighted by atomic mass is 10.0. The van der Waals surface area contributed by atoms with E-state index in [4.69, 9.17) is 27.9 Å². The van der Waals surface area contributed by atoms with E-state index in [2.05, 4.69) is 5.32 Å². The number of aryl methyl sites for hydroxylation is 1. The summed E-state index contributed by atoms with van der Waals surface area (Å²) < 4.78 is 5.46. The third kappa shape index (κ3) is 3.90. The molecule has 1 N–H and O–H groups in total. The number of rotatable bonds is 5. The zero-order valence-corrected chi connectivity index (χ0v) is 18.3. The van der Waals surface area contributed by atoms with Gasteiger partial charge in [0, 0.05) is 21.3 Å². The summed E-state index contributed by atoms with van der Waals surface area (Å²) in [6, 6.07) is 19.0. The minimum Gasteiger partial charge on any atom is -0.496 e. The summed E-state index contributed by atoms with van der Waals surface area (Å²) >= 11 is 12.2. The number of carbonyl (C=O) groups excluding carboxylic acids is 2. The summed E-state index contributed by atoms with van der Waals surface area (Å²) in [7, 11) is 1.52. The average molecular weight is 453 g/mol. The summed E-state index contributed by atoms with van der Waals surface area (Å²) in [6.45, 7) is 1.87. The van der Waals surface area contributed by atoms with Gasteiger partial charge in [-0.3, -0.25) is 9.59 Å². The standard InChI is InChI=1S/C24H18Cl2N2O3/c1-14-12-16(26)10-11-19(14)27-22-21(18-8-3-4-9-20(18)31-2)23(29)28(24(22)30)17-7-5-6-15(25)13-17/h3-13,27H,1-2H3. The number of carbonyl (C=O) groups is 2. The molecule has 4 rings (SSSR count). The molecule has 1 aliphatic rings. The van der Waals surface area contributed by atoms with E-state index >= 15 is 0 Å². The maximum absolute atomic E-state index is 13.5. The van der Waals surface area contributed by atoms with Gasteiger partial charge in [-0.05, 0) is 55.0 Å². The van der Waals surface area contributed by atoms with Crippen molar-refractivity contribution in [2.24, 2.45) is 0 Å². The van der Waals surface area contributed by atoms with Crippen LogP contribution in [0.1, 0.15) is 11.1 Å². The molecule has 0 unspecified atom stereocenters. The van der Waals surface area contributed by atoms with E-state index in [1.807, 2.05) is 6.92 Å². The molecule has 7 heteroatoms. The molecular weight excluding hydrogens is 435 g/mol. The van der Waals surface area contributed by atoms with E-state index in [9.17, 15) is 9.59 Å². The van der Waals surface area contributed by atoms with Crippen LogP contribution >= 0.6 is 23.2 Å². The number of hydrogen-bond acceptors (Lipinski definition) is 4. The van der Waals surface area contributed by atoms with Crippen LogP contribution in [-0.4, -0.2) is 18.9 Å². The largest absolute Gasteiger partial charge is 0.496 e. The predicted octanol–water partition coefficient (Wildman–Crippen LogP) is 5.71. The Bertz CT molecular complexity index is 1240. The highest BCUT2D eigenvalue weighted by Gasteiger charge is 2.41. The molecule has 3 aromatic carbocycles. The number of methoxy groups -OCH3 is 1. The van der Waals surface area contributed by atoms with Crippen LogP contribution in [0.25, 0.3) is 5.57 Å². The number of anilines is 2. The van der Waals surface area contributed by atoms with Crippen LogP contribution in [0.3, 0.4) is 0 Å². The lowest BCUT2D eigenvalue weighted by Gasteiger charge is -2.16. The molecule has 0 spiro atoms. The number of halogens is 2. The van der Waals surface area contributed by atoms with Crippen LogP contribution in [0.5, 0.6) is 5.75 Å². The van der Waals surface area contributed by atoms with Crippen LogP contribution < -0.4 is 15.0 Å². The molecule has 0 fully saturated rings. The summed E-state index contributed by atoms with van der Waals surface area (Å²) in [5.74, 6) is -0.466. The zero-order chi connectivity index (χ0) is 22.1. The SMILES string of the molecule is COc1ccccc1C1=C(Nc2ccc(Cl)cc2C)C(=O)N(c2cccc(Cl)c2)C1=O. The first kappa shape index (κ1) is 21.0. The minimum absolute atomic E-state index is 0.153. The molecular formula is C24H18Cl2N2O3. The van der Waals surface area contributed by atoms with Crippen LogP contribution in [0.15, 0.2) is 72.4 Å². The third-order valence-electron chi connectivity index (χ3n) is 4.97. The van der Waals surface area contributed by atoms with Crippen molar-refractivity contribution in [1.82, 2.24) is 0 Å². The number of nitrogens with zero attached hydrogens (tertiary/aromatic N) is 1. The maximum atomic E-state index is 13.5. The fraction of sp³-hybridized carbons (Fsp3) is 0.0833. The summed E-state index contributed by atoms with van der Waals surface area (Å²) in [6.07, 6.45) is 0. The molecule has 156 valence electrons. The number of amides is 2. The summed E-state index contributed by atoms with van der Waals surface area (Å²) in [5, 5.41) is 4.15. The van der Waals surface area contributed by atoms with E-state index in [1.165, 1.54) is 7.11 Å². The van der Waals surface area contributed by atoms with Crippen molar-refractivity contribution in [3.8, 4) is 5.75 Å². The van der Waals surface area contributed by atoms with Gasteiger partial charge in [-0.25, -0.2) is 4.90 Å². The third-order valence-corrected chi connectivity index (χ3v) is 5.44. The molecule has 31 heavy (non-hydrogen) atoms. The molecule has 0 saturated heterocycles. The maximum Gasteiger partial charge on any atom is 0.282 e. The van der Waals surface area contributed by atoms with Crippen molar-refractivity contribution in [3.05, 3.63) is 93.6 Å². The monoisotopic (exact) mass is 452 g/mol. The molecule has 5 nitrogen and oxygen atoms in total. The van der Waals surface area contributed by atoms with E-state index in [-0.39, 0.29) is 11.3 Å². The molecule has 0 radical (unpaired) electrons. The summed E-state index contributed by atoms with van der Waals surface area (Å²) in [5.41, 5.74) is 2.78. The molecule has 0 bridgehead atoms. The fourth-order valence-corrected chi connectivity index (χ4v) is 3.91. The Kier molecular flexibility index (Phi) is 5.72. The van der Waals surface area contributed by atoms with Crippen LogP contribution in [0, 0.1) is 6.92 Å². The number of hydrogen-bond donors (Lipinski definition) is 1. The smallest absolute Gasteiger partial charge is 0.282 e. The van der Waals surface area contributed by atoms with Crippen molar-refractivity contribution in [2.75, 3.05) is 17.3 Å². The Morgan fingerprint density at radius 2 is 1.61 bits per heavy atom. The van der Waals surface area contributed by atoms with Gasteiger partial charge in [-0.2, -0.15) is 0 Å². The molecule has 3 aromatic rings. The number of para-hydroxylation sites is 1. The number of imide groups is 1. The van der Waals surface area contributed by atoms with Crippen LogP contribution in [-0.2, 0) is 9.59 Å². The Hall–Kier alpha value is -3.28.